The zero-order valence-electron chi connectivity index (χ0n) is 9.13. The Kier molecular flexibility index (Phi) is 5.22. The fourth-order valence-corrected chi connectivity index (χ4v) is 1.48. The maximum Gasteiger partial charge on any atom is 0.405 e. The molecule has 4 N–H and O–H groups in total. The van der Waals surface area contributed by atoms with E-state index in [2.05, 4.69) is 17.5 Å². The largest absolute Gasteiger partial charge is 0.469 e. The molecular weight excluding hydrogens is 240 g/mol. The average molecular weight is 254 g/mol. The van der Waals surface area contributed by atoms with Crippen LogP contribution in [-0.4, -0.2) is 29.0 Å². The Balaban J connectivity index is 2.56. The topological polar surface area (TPSA) is 84.6 Å². The lowest BCUT2D eigenvalue weighted by Crippen LogP contribution is -2.40. The van der Waals surface area contributed by atoms with Crippen LogP contribution in [-0.2, 0) is 11.2 Å². The van der Waals surface area contributed by atoms with E-state index >= 15 is 0 Å². The number of hydrogen-bond donors (Lipinski definition) is 3. The summed E-state index contributed by atoms with van der Waals surface area (Å²) in [6.45, 7) is 0.122. The summed E-state index contributed by atoms with van der Waals surface area (Å²) >= 11 is 4.57. The van der Waals surface area contributed by atoms with Gasteiger partial charge in [0.1, 0.15) is 6.61 Å². The van der Waals surface area contributed by atoms with E-state index in [4.69, 9.17) is 15.6 Å². The van der Waals surface area contributed by atoms with E-state index in [-0.39, 0.29) is 17.8 Å². The molecule has 0 unspecified atom stereocenters. The number of amides is 1. The third-order valence-electron chi connectivity index (χ3n) is 2.08. The molecule has 1 atom stereocenters. The van der Waals surface area contributed by atoms with Crippen molar-refractivity contribution in [2.75, 3.05) is 6.61 Å². The van der Waals surface area contributed by atoms with Crippen LogP contribution in [0, 0.1) is 0 Å². The van der Waals surface area contributed by atoms with Crippen molar-refractivity contribution in [1.29, 1.82) is 0 Å². The van der Waals surface area contributed by atoms with E-state index in [0.29, 0.717) is 6.42 Å². The Morgan fingerprint density at radius 3 is 2.65 bits per heavy atom. The predicted molar refractivity (Wildman–Crippen MR) is 67.8 cm³/mol. The number of ether oxygens (including phenoxy) is 1. The van der Waals surface area contributed by atoms with Crippen LogP contribution in [0.3, 0.4) is 0 Å². The zero-order chi connectivity index (χ0) is 12.7. The maximum atomic E-state index is 10.6. The Labute approximate surface area is 105 Å². The first-order valence-corrected chi connectivity index (χ1v) is 5.44. The second kappa shape index (κ2) is 6.70. The lowest BCUT2D eigenvalue weighted by atomic mass is 10.1. The normalized spacial score (nSPS) is 11.5. The Bertz CT molecular complexity index is 384. The minimum atomic E-state index is -1.10. The minimum absolute atomic E-state index is 0.0877. The molecule has 0 aliphatic carbocycles. The molecule has 0 fully saturated rings. The highest BCUT2D eigenvalue weighted by molar-refractivity contribution is 7.80. The second-order valence-electron chi connectivity index (χ2n) is 3.47. The zero-order valence-corrected chi connectivity index (χ0v) is 9.94. The van der Waals surface area contributed by atoms with Crippen molar-refractivity contribution in [2.24, 2.45) is 5.73 Å². The van der Waals surface area contributed by atoms with Crippen molar-refractivity contribution in [3.8, 4) is 0 Å². The smallest absolute Gasteiger partial charge is 0.405 e. The molecular formula is C11H14N2O3S. The third kappa shape index (κ3) is 5.72. The summed E-state index contributed by atoms with van der Waals surface area (Å²) in [4.78, 5) is 10.6. The van der Waals surface area contributed by atoms with Gasteiger partial charge in [0.15, 0.2) is 0 Å². The summed E-state index contributed by atoms with van der Waals surface area (Å²) in [7, 11) is 0. The average Bonchev–Trinajstić information content (AvgIpc) is 2.26. The summed E-state index contributed by atoms with van der Waals surface area (Å²) in [6, 6.07) is 9.13. The van der Waals surface area contributed by atoms with Crippen molar-refractivity contribution < 1.29 is 14.6 Å². The SMILES string of the molecule is NC(=S)OC[C@@H](Cc1ccccc1)NC(=O)O. The standard InChI is InChI=1S/C11H14N2O3S/c12-10(17)16-7-9(13-11(14)15)6-8-4-2-1-3-5-8/h1-5,9,13H,6-7H2,(H2,12,17)(H,14,15)/t9-/m1/s1. The molecule has 0 saturated heterocycles. The first kappa shape index (κ1) is 13.2. The molecule has 1 aromatic carbocycles. The van der Waals surface area contributed by atoms with E-state index < -0.39 is 6.09 Å². The highest BCUT2D eigenvalue weighted by Gasteiger charge is 2.13. The van der Waals surface area contributed by atoms with Gasteiger partial charge in [-0.05, 0) is 24.2 Å². The van der Waals surface area contributed by atoms with Crippen LogP contribution in [0.4, 0.5) is 4.79 Å². The monoisotopic (exact) mass is 254 g/mol. The van der Waals surface area contributed by atoms with Crippen LogP contribution in [0.5, 0.6) is 0 Å². The number of nitrogens with two attached hydrogens (primary N) is 1. The fraction of sp³-hybridized carbons (Fsp3) is 0.273. The van der Waals surface area contributed by atoms with Crippen LogP contribution in [0.2, 0.25) is 0 Å². The summed E-state index contributed by atoms with van der Waals surface area (Å²) in [5.41, 5.74) is 6.21. The van der Waals surface area contributed by atoms with Crippen molar-refractivity contribution in [1.82, 2.24) is 5.32 Å². The molecule has 0 aliphatic heterocycles. The van der Waals surface area contributed by atoms with Crippen molar-refractivity contribution >= 4 is 23.5 Å². The van der Waals surface area contributed by atoms with Crippen molar-refractivity contribution in [3.05, 3.63) is 35.9 Å². The van der Waals surface area contributed by atoms with E-state index in [0.717, 1.165) is 5.56 Å². The van der Waals surface area contributed by atoms with Gasteiger partial charge in [-0.3, -0.25) is 0 Å². The fourth-order valence-electron chi connectivity index (χ4n) is 1.41. The Hall–Kier alpha value is -1.82. The number of rotatable bonds is 5. The van der Waals surface area contributed by atoms with E-state index in [1.807, 2.05) is 30.3 Å². The van der Waals surface area contributed by atoms with Gasteiger partial charge in [0.05, 0.1) is 6.04 Å². The predicted octanol–water partition coefficient (Wildman–Crippen LogP) is 1.13. The number of carbonyl (C=O) groups is 1. The second-order valence-corrected chi connectivity index (χ2v) is 3.87. The summed E-state index contributed by atoms with van der Waals surface area (Å²) in [6.07, 6.45) is -0.576. The van der Waals surface area contributed by atoms with E-state index in [1.54, 1.807) is 0 Å². The highest BCUT2D eigenvalue weighted by atomic mass is 32.1. The van der Waals surface area contributed by atoms with Gasteiger partial charge in [-0.2, -0.15) is 0 Å². The molecule has 0 heterocycles. The lowest BCUT2D eigenvalue weighted by Gasteiger charge is -2.17. The molecule has 5 nitrogen and oxygen atoms in total. The van der Waals surface area contributed by atoms with E-state index in [9.17, 15) is 4.79 Å². The highest BCUT2D eigenvalue weighted by Crippen LogP contribution is 2.03. The van der Waals surface area contributed by atoms with Gasteiger partial charge in [-0.1, -0.05) is 30.3 Å². The van der Waals surface area contributed by atoms with Crippen LogP contribution in [0.15, 0.2) is 30.3 Å². The summed E-state index contributed by atoms with van der Waals surface area (Å²) in [5.74, 6) is 0. The third-order valence-corrected chi connectivity index (χ3v) is 2.20. The molecule has 0 bridgehead atoms. The molecule has 0 aromatic heterocycles. The Morgan fingerprint density at radius 1 is 1.47 bits per heavy atom. The van der Waals surface area contributed by atoms with Crippen molar-refractivity contribution in [3.63, 3.8) is 0 Å². The molecule has 17 heavy (non-hydrogen) atoms. The first-order valence-electron chi connectivity index (χ1n) is 5.03. The molecule has 0 aliphatic rings. The molecule has 6 heteroatoms. The number of thiocarbonyl (C=S) groups is 1. The summed E-state index contributed by atoms with van der Waals surface area (Å²) in [5, 5.41) is 11.0. The molecule has 1 aromatic rings. The van der Waals surface area contributed by atoms with Crippen molar-refractivity contribution in [2.45, 2.75) is 12.5 Å². The van der Waals surface area contributed by atoms with Gasteiger partial charge in [0, 0.05) is 0 Å². The quantitative estimate of drug-likeness (QED) is 0.686. The molecule has 1 amide bonds. The number of benzene rings is 1. The van der Waals surface area contributed by atoms with Gasteiger partial charge >= 0.3 is 6.09 Å². The van der Waals surface area contributed by atoms with Crippen LogP contribution in [0.1, 0.15) is 5.56 Å². The van der Waals surface area contributed by atoms with Crippen LogP contribution >= 0.6 is 12.2 Å². The molecule has 0 saturated carbocycles. The van der Waals surface area contributed by atoms with Gasteiger partial charge in [-0.15, -0.1) is 0 Å². The Morgan fingerprint density at radius 2 is 2.12 bits per heavy atom. The van der Waals surface area contributed by atoms with Crippen LogP contribution < -0.4 is 11.1 Å². The number of carboxylic acid groups (broad SMARTS) is 1. The number of hydrogen-bond acceptors (Lipinski definition) is 3. The van der Waals surface area contributed by atoms with Gasteiger partial charge < -0.3 is 20.9 Å². The molecule has 92 valence electrons. The molecule has 0 spiro atoms. The van der Waals surface area contributed by atoms with Gasteiger partial charge in [-0.25, -0.2) is 4.79 Å². The lowest BCUT2D eigenvalue weighted by molar-refractivity contribution is 0.179. The molecule has 0 radical (unpaired) electrons. The van der Waals surface area contributed by atoms with E-state index in [1.165, 1.54) is 0 Å². The van der Waals surface area contributed by atoms with Crippen LogP contribution in [0.25, 0.3) is 0 Å². The number of nitrogens with one attached hydrogen (secondary N) is 1. The first-order chi connectivity index (χ1) is 8.08. The maximum absolute atomic E-state index is 10.6. The van der Waals surface area contributed by atoms with Gasteiger partial charge in [0.25, 0.3) is 5.17 Å². The van der Waals surface area contributed by atoms with Gasteiger partial charge in [0.2, 0.25) is 0 Å². The summed E-state index contributed by atoms with van der Waals surface area (Å²) < 4.78 is 4.96. The minimum Gasteiger partial charge on any atom is -0.469 e. The molecule has 1 rings (SSSR count).